The zero-order chi connectivity index (χ0) is 13.1. The minimum absolute atomic E-state index is 0.0301. The molecule has 1 aromatic carbocycles. The van der Waals surface area contributed by atoms with Crippen molar-refractivity contribution < 1.29 is 14.3 Å². The van der Waals surface area contributed by atoms with Crippen LogP contribution in [0.25, 0.3) is 0 Å². The monoisotopic (exact) mass is 266 g/mol. The smallest absolute Gasteiger partial charge is 0.325 e. The number of rotatable bonds is 4. The van der Waals surface area contributed by atoms with Crippen LogP contribution in [-0.2, 0) is 20.7 Å². The molecule has 0 aliphatic carbocycles. The summed E-state index contributed by atoms with van der Waals surface area (Å²) >= 11 is 1.49. The van der Waals surface area contributed by atoms with E-state index in [-0.39, 0.29) is 12.5 Å². The van der Waals surface area contributed by atoms with E-state index in [1.54, 1.807) is 0 Å². The van der Waals surface area contributed by atoms with Gasteiger partial charge in [-0.15, -0.1) is 0 Å². The highest BCUT2D eigenvalue weighted by molar-refractivity contribution is 7.99. The van der Waals surface area contributed by atoms with Crippen LogP contribution >= 0.6 is 11.9 Å². The maximum Gasteiger partial charge on any atom is 0.325 e. The second-order valence-electron chi connectivity index (χ2n) is 3.88. The molecule has 0 bridgehead atoms. The van der Waals surface area contributed by atoms with Gasteiger partial charge in [0.15, 0.2) is 0 Å². The standard InChI is InChI=1S/C12H14N2O3S/c1-17-12(16)7-14-10-4-3-9(13-18-2)5-8(10)6-11(14)15/h3-5,13H,6-7H2,1-2H3. The van der Waals surface area contributed by atoms with Gasteiger partial charge in [0.05, 0.1) is 13.5 Å². The summed E-state index contributed by atoms with van der Waals surface area (Å²) in [5.41, 5.74) is 2.67. The van der Waals surface area contributed by atoms with Crippen molar-refractivity contribution in [1.29, 1.82) is 0 Å². The molecular formula is C12H14N2O3S. The second-order valence-corrected chi connectivity index (χ2v) is 4.49. The number of esters is 1. The fourth-order valence-corrected chi connectivity index (χ4v) is 2.29. The lowest BCUT2D eigenvalue weighted by Gasteiger charge is -2.16. The van der Waals surface area contributed by atoms with Gasteiger partial charge < -0.3 is 14.4 Å². The summed E-state index contributed by atoms with van der Waals surface area (Å²) in [5.74, 6) is -0.487. The summed E-state index contributed by atoms with van der Waals surface area (Å²) in [7, 11) is 1.31. The Kier molecular flexibility index (Phi) is 3.76. The molecule has 6 heteroatoms. The Bertz CT molecular complexity index is 490. The number of nitrogens with one attached hydrogen (secondary N) is 1. The summed E-state index contributed by atoms with van der Waals surface area (Å²) in [4.78, 5) is 24.6. The maximum absolute atomic E-state index is 11.8. The topological polar surface area (TPSA) is 58.6 Å². The molecule has 1 amide bonds. The fraction of sp³-hybridized carbons (Fsp3) is 0.333. The van der Waals surface area contributed by atoms with Crippen molar-refractivity contribution in [3.8, 4) is 0 Å². The highest BCUT2D eigenvalue weighted by Crippen LogP contribution is 2.31. The van der Waals surface area contributed by atoms with E-state index in [0.717, 1.165) is 16.9 Å². The number of anilines is 2. The normalized spacial score (nSPS) is 13.4. The van der Waals surface area contributed by atoms with Crippen molar-refractivity contribution in [2.75, 3.05) is 29.5 Å². The molecule has 0 saturated carbocycles. The van der Waals surface area contributed by atoms with Gasteiger partial charge >= 0.3 is 5.97 Å². The summed E-state index contributed by atoms with van der Waals surface area (Å²) in [6, 6.07) is 5.67. The first kappa shape index (κ1) is 12.8. The van der Waals surface area contributed by atoms with Crippen LogP contribution in [0.2, 0.25) is 0 Å². The minimum atomic E-state index is -0.414. The number of ether oxygens (including phenoxy) is 1. The largest absolute Gasteiger partial charge is 0.468 e. The first-order valence-corrected chi connectivity index (χ1v) is 6.67. The first-order valence-electron chi connectivity index (χ1n) is 5.45. The molecule has 0 radical (unpaired) electrons. The molecule has 0 unspecified atom stereocenters. The third-order valence-corrected chi connectivity index (χ3v) is 3.19. The number of amides is 1. The van der Waals surface area contributed by atoms with Gasteiger partial charge in [0.2, 0.25) is 5.91 Å². The third-order valence-electron chi connectivity index (χ3n) is 2.75. The molecule has 0 spiro atoms. The number of methoxy groups -OCH3 is 1. The molecule has 1 aliphatic rings. The van der Waals surface area contributed by atoms with Crippen molar-refractivity contribution in [3.05, 3.63) is 23.8 Å². The van der Waals surface area contributed by atoms with Gasteiger partial charge in [-0.3, -0.25) is 9.59 Å². The maximum atomic E-state index is 11.8. The number of hydrogen-bond donors (Lipinski definition) is 1. The molecule has 1 aliphatic heterocycles. The van der Waals surface area contributed by atoms with Crippen LogP contribution in [0.1, 0.15) is 5.56 Å². The van der Waals surface area contributed by atoms with E-state index < -0.39 is 5.97 Å². The van der Waals surface area contributed by atoms with Crippen molar-refractivity contribution in [2.24, 2.45) is 0 Å². The Labute approximate surface area is 110 Å². The van der Waals surface area contributed by atoms with Gasteiger partial charge in [0.25, 0.3) is 0 Å². The van der Waals surface area contributed by atoms with Gasteiger partial charge in [-0.25, -0.2) is 0 Å². The van der Waals surface area contributed by atoms with Gasteiger partial charge in [-0.2, -0.15) is 0 Å². The zero-order valence-corrected chi connectivity index (χ0v) is 11.0. The SMILES string of the molecule is COC(=O)CN1C(=O)Cc2cc(NSC)ccc21. The van der Waals surface area contributed by atoms with Crippen LogP contribution in [0.15, 0.2) is 18.2 Å². The van der Waals surface area contributed by atoms with Crippen molar-refractivity contribution >= 4 is 35.2 Å². The zero-order valence-electron chi connectivity index (χ0n) is 10.2. The second kappa shape index (κ2) is 5.30. The predicted molar refractivity (Wildman–Crippen MR) is 71.7 cm³/mol. The molecular weight excluding hydrogens is 252 g/mol. The Balaban J connectivity index is 2.23. The van der Waals surface area contributed by atoms with Crippen LogP contribution in [-0.4, -0.2) is 31.8 Å². The molecule has 1 aromatic rings. The predicted octanol–water partition coefficient (Wildman–Crippen LogP) is 1.44. The van der Waals surface area contributed by atoms with Crippen molar-refractivity contribution in [2.45, 2.75) is 6.42 Å². The molecule has 0 aromatic heterocycles. The Morgan fingerprint density at radius 3 is 3.00 bits per heavy atom. The lowest BCUT2D eigenvalue weighted by molar-refractivity contribution is -0.139. The van der Waals surface area contributed by atoms with Crippen LogP contribution < -0.4 is 9.62 Å². The van der Waals surface area contributed by atoms with Crippen LogP contribution in [0.3, 0.4) is 0 Å². The quantitative estimate of drug-likeness (QED) is 0.660. The lowest BCUT2D eigenvalue weighted by atomic mass is 10.1. The van der Waals surface area contributed by atoms with E-state index in [0.29, 0.717) is 6.42 Å². The van der Waals surface area contributed by atoms with E-state index in [1.807, 2.05) is 24.5 Å². The van der Waals surface area contributed by atoms with Gasteiger partial charge in [0.1, 0.15) is 6.54 Å². The van der Waals surface area contributed by atoms with Crippen molar-refractivity contribution in [1.82, 2.24) is 0 Å². The number of carbonyl (C=O) groups excluding carboxylic acids is 2. The van der Waals surface area contributed by atoms with E-state index in [2.05, 4.69) is 9.46 Å². The molecule has 96 valence electrons. The van der Waals surface area contributed by atoms with Crippen LogP contribution in [0.4, 0.5) is 11.4 Å². The summed E-state index contributed by atoms with van der Waals surface area (Å²) < 4.78 is 7.70. The number of benzene rings is 1. The molecule has 5 nitrogen and oxygen atoms in total. The average Bonchev–Trinajstić information content (AvgIpc) is 2.65. The van der Waals surface area contributed by atoms with Crippen LogP contribution in [0, 0.1) is 0 Å². The van der Waals surface area contributed by atoms with E-state index >= 15 is 0 Å². The molecule has 1 heterocycles. The number of hydrogen-bond acceptors (Lipinski definition) is 5. The number of carbonyl (C=O) groups is 2. The van der Waals surface area contributed by atoms with E-state index in [1.165, 1.54) is 24.0 Å². The lowest BCUT2D eigenvalue weighted by Crippen LogP contribution is -2.33. The van der Waals surface area contributed by atoms with Gasteiger partial charge in [-0.05, 0) is 23.8 Å². The van der Waals surface area contributed by atoms with Crippen LogP contribution in [0.5, 0.6) is 0 Å². The van der Waals surface area contributed by atoms with Gasteiger partial charge in [0, 0.05) is 17.6 Å². The molecule has 0 atom stereocenters. The number of fused-ring (bicyclic) bond motifs is 1. The van der Waals surface area contributed by atoms with Crippen molar-refractivity contribution in [3.63, 3.8) is 0 Å². The molecule has 1 N–H and O–H groups in total. The highest BCUT2D eigenvalue weighted by atomic mass is 32.2. The summed E-state index contributed by atoms with van der Waals surface area (Å²) in [5, 5.41) is 0. The average molecular weight is 266 g/mol. The summed E-state index contributed by atoms with van der Waals surface area (Å²) in [6.07, 6.45) is 2.26. The minimum Gasteiger partial charge on any atom is -0.468 e. The fourth-order valence-electron chi connectivity index (χ4n) is 1.93. The highest BCUT2D eigenvalue weighted by Gasteiger charge is 2.29. The molecule has 2 rings (SSSR count). The Hall–Kier alpha value is -1.69. The molecule has 0 saturated heterocycles. The Morgan fingerprint density at radius 1 is 1.56 bits per heavy atom. The number of nitrogens with zero attached hydrogens (tertiary/aromatic N) is 1. The first-order chi connectivity index (χ1) is 8.65. The van der Waals surface area contributed by atoms with Gasteiger partial charge in [-0.1, -0.05) is 11.9 Å². The Morgan fingerprint density at radius 2 is 2.33 bits per heavy atom. The molecule has 0 fully saturated rings. The van der Waals surface area contributed by atoms with E-state index in [9.17, 15) is 9.59 Å². The third kappa shape index (κ3) is 2.43. The van der Waals surface area contributed by atoms with E-state index in [4.69, 9.17) is 0 Å². The molecule has 18 heavy (non-hydrogen) atoms. The summed E-state index contributed by atoms with van der Waals surface area (Å²) in [6.45, 7) is -0.0301.